The van der Waals surface area contributed by atoms with Crippen molar-refractivity contribution in [1.29, 1.82) is 0 Å². The van der Waals surface area contributed by atoms with Crippen LogP contribution in [-0.4, -0.2) is 43.2 Å². The number of carbonyl (C=O) groups is 2. The summed E-state index contributed by atoms with van der Waals surface area (Å²) in [6.07, 6.45) is -1.06. The average Bonchev–Trinajstić information content (AvgIpc) is 1.95. The molecular formula is C8H14O8S. The number of ether oxygens (including phenoxy) is 3. The standard InChI is InChI=1S/C8H14O8S/c1-8(2,3)16-7(10)15-5-14-6(9)4-17(11,12)13/h4-5H2,1-3H3,(H,11,12,13). The minimum Gasteiger partial charge on any atom is -0.428 e. The molecule has 0 aliphatic carbocycles. The van der Waals surface area contributed by atoms with E-state index in [0.717, 1.165) is 0 Å². The van der Waals surface area contributed by atoms with E-state index in [-0.39, 0.29) is 0 Å². The first-order valence-electron chi connectivity index (χ1n) is 4.46. The van der Waals surface area contributed by atoms with Gasteiger partial charge in [-0.1, -0.05) is 0 Å². The third kappa shape index (κ3) is 10.9. The number of esters is 1. The van der Waals surface area contributed by atoms with Gasteiger partial charge in [-0.05, 0) is 20.8 Å². The summed E-state index contributed by atoms with van der Waals surface area (Å²) in [6.45, 7) is 4.04. The van der Waals surface area contributed by atoms with Crippen LogP contribution in [0.15, 0.2) is 0 Å². The van der Waals surface area contributed by atoms with E-state index in [2.05, 4.69) is 9.47 Å². The van der Waals surface area contributed by atoms with Gasteiger partial charge in [0, 0.05) is 0 Å². The molecule has 0 spiro atoms. The van der Waals surface area contributed by atoms with E-state index in [1.165, 1.54) is 0 Å². The van der Waals surface area contributed by atoms with E-state index < -0.39 is 40.4 Å². The predicted molar refractivity (Wildman–Crippen MR) is 54.7 cm³/mol. The highest BCUT2D eigenvalue weighted by Crippen LogP contribution is 2.07. The SMILES string of the molecule is CC(C)(C)OC(=O)OCOC(=O)CS(=O)(=O)O. The molecule has 0 saturated heterocycles. The molecule has 8 nitrogen and oxygen atoms in total. The fourth-order valence-electron chi connectivity index (χ4n) is 0.613. The van der Waals surface area contributed by atoms with Crippen molar-refractivity contribution in [3.63, 3.8) is 0 Å². The van der Waals surface area contributed by atoms with Crippen molar-refractivity contribution >= 4 is 22.2 Å². The van der Waals surface area contributed by atoms with Gasteiger partial charge in [0.15, 0.2) is 5.75 Å². The van der Waals surface area contributed by atoms with Gasteiger partial charge < -0.3 is 14.2 Å². The summed E-state index contributed by atoms with van der Waals surface area (Å²) in [5.41, 5.74) is -0.754. The van der Waals surface area contributed by atoms with Crippen LogP contribution in [0.4, 0.5) is 4.79 Å². The fourth-order valence-corrected chi connectivity index (χ4v) is 0.995. The molecule has 0 unspecified atom stereocenters. The summed E-state index contributed by atoms with van der Waals surface area (Å²) in [6, 6.07) is 0. The van der Waals surface area contributed by atoms with Crippen LogP contribution in [-0.2, 0) is 29.1 Å². The topological polar surface area (TPSA) is 116 Å². The first kappa shape index (κ1) is 15.7. The molecule has 9 heteroatoms. The summed E-state index contributed by atoms with van der Waals surface area (Å²) in [7, 11) is -4.45. The van der Waals surface area contributed by atoms with Gasteiger partial charge in [0.2, 0.25) is 6.79 Å². The molecule has 0 aromatic carbocycles. The van der Waals surface area contributed by atoms with Crippen LogP contribution in [0.5, 0.6) is 0 Å². The molecule has 0 aliphatic heterocycles. The van der Waals surface area contributed by atoms with E-state index in [1.807, 2.05) is 0 Å². The maximum atomic E-state index is 10.9. The van der Waals surface area contributed by atoms with Crippen LogP contribution in [0.2, 0.25) is 0 Å². The highest BCUT2D eigenvalue weighted by Gasteiger charge is 2.18. The summed E-state index contributed by atoms with van der Waals surface area (Å²) in [5.74, 6) is -2.44. The van der Waals surface area contributed by atoms with Crippen molar-refractivity contribution in [1.82, 2.24) is 0 Å². The van der Waals surface area contributed by atoms with Crippen LogP contribution < -0.4 is 0 Å². The predicted octanol–water partition coefficient (Wildman–Crippen LogP) is 0.327. The Balaban J connectivity index is 3.86. The largest absolute Gasteiger partial charge is 0.511 e. The normalized spacial score (nSPS) is 11.8. The Morgan fingerprint density at radius 1 is 1.18 bits per heavy atom. The zero-order valence-corrected chi connectivity index (χ0v) is 10.4. The van der Waals surface area contributed by atoms with Crippen molar-refractivity contribution in [2.45, 2.75) is 26.4 Å². The van der Waals surface area contributed by atoms with Gasteiger partial charge in [-0.15, -0.1) is 0 Å². The average molecular weight is 270 g/mol. The number of hydrogen-bond donors (Lipinski definition) is 1. The molecule has 100 valence electrons. The van der Waals surface area contributed by atoms with E-state index in [1.54, 1.807) is 20.8 Å². The lowest BCUT2D eigenvalue weighted by Crippen LogP contribution is -2.26. The minimum atomic E-state index is -4.45. The van der Waals surface area contributed by atoms with Crippen molar-refractivity contribution < 1.29 is 36.8 Å². The molecule has 1 N–H and O–H groups in total. The molecule has 0 rings (SSSR count). The third-order valence-electron chi connectivity index (χ3n) is 1.09. The fraction of sp³-hybridized carbons (Fsp3) is 0.750. The van der Waals surface area contributed by atoms with Crippen LogP contribution in [0.25, 0.3) is 0 Å². The Morgan fingerprint density at radius 2 is 1.71 bits per heavy atom. The Morgan fingerprint density at radius 3 is 2.12 bits per heavy atom. The summed E-state index contributed by atoms with van der Waals surface area (Å²) in [4.78, 5) is 21.7. The van der Waals surface area contributed by atoms with E-state index in [4.69, 9.17) is 9.29 Å². The van der Waals surface area contributed by atoms with E-state index in [0.29, 0.717) is 0 Å². The van der Waals surface area contributed by atoms with E-state index >= 15 is 0 Å². The molecular weight excluding hydrogens is 256 g/mol. The lowest BCUT2D eigenvalue weighted by Gasteiger charge is -2.18. The van der Waals surface area contributed by atoms with Gasteiger partial charge in [0.1, 0.15) is 5.60 Å². The third-order valence-corrected chi connectivity index (χ3v) is 1.69. The van der Waals surface area contributed by atoms with Gasteiger partial charge in [-0.2, -0.15) is 8.42 Å². The second kappa shape index (κ2) is 5.82. The van der Waals surface area contributed by atoms with Crippen LogP contribution in [0.3, 0.4) is 0 Å². The smallest absolute Gasteiger partial charge is 0.428 e. The zero-order valence-electron chi connectivity index (χ0n) is 9.63. The highest BCUT2D eigenvalue weighted by atomic mass is 32.2. The van der Waals surface area contributed by atoms with Crippen molar-refractivity contribution in [2.75, 3.05) is 12.5 Å². The molecule has 0 aliphatic rings. The maximum Gasteiger partial charge on any atom is 0.511 e. The Hall–Kier alpha value is -1.35. The van der Waals surface area contributed by atoms with Crippen molar-refractivity contribution in [3.8, 4) is 0 Å². The Kier molecular flexibility index (Phi) is 5.36. The molecule has 0 aromatic rings. The van der Waals surface area contributed by atoms with Gasteiger partial charge in [0.05, 0.1) is 0 Å². The molecule has 0 aromatic heterocycles. The molecule has 0 saturated carbocycles. The number of carbonyl (C=O) groups excluding carboxylic acids is 2. The molecule has 0 radical (unpaired) electrons. The monoisotopic (exact) mass is 270 g/mol. The van der Waals surface area contributed by atoms with Crippen LogP contribution in [0, 0.1) is 0 Å². The van der Waals surface area contributed by atoms with Gasteiger partial charge >= 0.3 is 12.1 Å². The lowest BCUT2D eigenvalue weighted by molar-refractivity contribution is -0.151. The van der Waals surface area contributed by atoms with Gasteiger partial charge in [0.25, 0.3) is 10.1 Å². The second-order valence-electron chi connectivity index (χ2n) is 3.97. The van der Waals surface area contributed by atoms with Crippen molar-refractivity contribution in [3.05, 3.63) is 0 Å². The Labute approximate surface area is 98.6 Å². The first-order valence-corrected chi connectivity index (χ1v) is 6.07. The summed E-state index contributed by atoms with van der Waals surface area (Å²) < 4.78 is 42.0. The van der Waals surface area contributed by atoms with E-state index in [9.17, 15) is 18.0 Å². The second-order valence-corrected chi connectivity index (χ2v) is 5.42. The minimum absolute atomic E-state index is 0.754. The molecule has 0 fully saturated rings. The van der Waals surface area contributed by atoms with Crippen LogP contribution >= 0.6 is 0 Å². The summed E-state index contributed by atoms with van der Waals surface area (Å²) >= 11 is 0. The molecule has 0 atom stereocenters. The quantitative estimate of drug-likeness (QED) is 0.441. The molecule has 17 heavy (non-hydrogen) atoms. The molecule has 0 amide bonds. The summed E-state index contributed by atoms with van der Waals surface area (Å²) in [5, 5.41) is 0. The van der Waals surface area contributed by atoms with Gasteiger partial charge in [-0.3, -0.25) is 9.35 Å². The molecule has 0 heterocycles. The number of rotatable bonds is 4. The van der Waals surface area contributed by atoms with Gasteiger partial charge in [-0.25, -0.2) is 4.79 Å². The van der Waals surface area contributed by atoms with Crippen LogP contribution in [0.1, 0.15) is 20.8 Å². The lowest BCUT2D eigenvalue weighted by atomic mass is 10.2. The zero-order chi connectivity index (χ0) is 13.7. The number of hydrogen-bond acceptors (Lipinski definition) is 7. The molecule has 0 bridgehead atoms. The first-order chi connectivity index (χ1) is 7.49. The highest BCUT2D eigenvalue weighted by molar-refractivity contribution is 7.86. The Bertz CT molecular complexity index is 377. The maximum absolute atomic E-state index is 10.9. The van der Waals surface area contributed by atoms with Crippen molar-refractivity contribution in [2.24, 2.45) is 0 Å².